The van der Waals surface area contributed by atoms with Gasteiger partial charge in [-0.05, 0) is 38.0 Å². The van der Waals surface area contributed by atoms with Gasteiger partial charge in [0, 0.05) is 18.0 Å². The summed E-state index contributed by atoms with van der Waals surface area (Å²) in [7, 11) is 0. The monoisotopic (exact) mass is 303 g/mol. The SMILES string of the molecule is O=C(NCC1CCCCC1Br)C1CCCCO1. The number of ether oxygens (including phenoxy) is 1. The second kappa shape index (κ2) is 6.74. The summed E-state index contributed by atoms with van der Waals surface area (Å²) in [6.45, 7) is 1.54. The second-order valence-electron chi connectivity index (χ2n) is 5.16. The minimum absolute atomic E-state index is 0.0926. The van der Waals surface area contributed by atoms with Gasteiger partial charge in [-0.1, -0.05) is 28.8 Å². The van der Waals surface area contributed by atoms with Crippen molar-refractivity contribution >= 4 is 21.8 Å². The Balaban J connectivity index is 1.71. The number of amides is 1. The number of hydrogen-bond donors (Lipinski definition) is 1. The lowest BCUT2D eigenvalue weighted by Gasteiger charge is -2.28. The predicted octanol–water partition coefficient (Wildman–Crippen LogP) is 2.63. The highest BCUT2D eigenvalue weighted by Gasteiger charge is 2.26. The largest absolute Gasteiger partial charge is 0.368 e. The van der Waals surface area contributed by atoms with Crippen molar-refractivity contribution in [2.75, 3.05) is 13.2 Å². The van der Waals surface area contributed by atoms with Crippen molar-refractivity contribution in [3.8, 4) is 0 Å². The Hall–Kier alpha value is -0.0900. The number of rotatable bonds is 3. The first kappa shape index (κ1) is 13.3. The van der Waals surface area contributed by atoms with Crippen molar-refractivity contribution < 1.29 is 9.53 Å². The van der Waals surface area contributed by atoms with Crippen molar-refractivity contribution in [3.63, 3.8) is 0 Å². The maximum atomic E-state index is 11.9. The van der Waals surface area contributed by atoms with Gasteiger partial charge in [-0.25, -0.2) is 0 Å². The molecule has 1 aliphatic carbocycles. The van der Waals surface area contributed by atoms with Crippen LogP contribution in [0.1, 0.15) is 44.9 Å². The molecule has 3 atom stereocenters. The number of carbonyl (C=O) groups is 1. The van der Waals surface area contributed by atoms with E-state index in [-0.39, 0.29) is 12.0 Å². The van der Waals surface area contributed by atoms with Gasteiger partial charge in [-0.3, -0.25) is 4.79 Å². The molecule has 1 heterocycles. The molecule has 0 radical (unpaired) electrons. The molecule has 98 valence electrons. The first-order valence-electron chi connectivity index (χ1n) is 6.81. The summed E-state index contributed by atoms with van der Waals surface area (Å²) in [6.07, 6.45) is 7.96. The van der Waals surface area contributed by atoms with Gasteiger partial charge in [0.05, 0.1) is 0 Å². The van der Waals surface area contributed by atoms with Crippen LogP contribution >= 0.6 is 15.9 Å². The zero-order valence-corrected chi connectivity index (χ0v) is 11.9. The summed E-state index contributed by atoms with van der Waals surface area (Å²) in [5.74, 6) is 0.686. The van der Waals surface area contributed by atoms with Crippen molar-refractivity contribution in [2.45, 2.75) is 55.9 Å². The molecule has 3 nitrogen and oxygen atoms in total. The summed E-state index contributed by atoms with van der Waals surface area (Å²) >= 11 is 3.72. The average molecular weight is 304 g/mol. The molecule has 0 bridgehead atoms. The van der Waals surface area contributed by atoms with Crippen LogP contribution < -0.4 is 5.32 Å². The normalized spacial score (nSPS) is 34.3. The molecule has 1 N–H and O–H groups in total. The molecule has 0 aromatic heterocycles. The lowest BCUT2D eigenvalue weighted by molar-refractivity contribution is -0.135. The molecule has 3 unspecified atom stereocenters. The Labute approximate surface area is 112 Å². The summed E-state index contributed by atoms with van der Waals surface area (Å²) < 4.78 is 5.48. The molecule has 17 heavy (non-hydrogen) atoms. The highest BCUT2D eigenvalue weighted by atomic mass is 79.9. The molecule has 0 aromatic rings. The van der Waals surface area contributed by atoms with Crippen LogP contribution in [-0.2, 0) is 9.53 Å². The molecular formula is C13H22BrNO2. The summed E-state index contributed by atoms with van der Waals surface area (Å²) in [5, 5.41) is 3.06. The van der Waals surface area contributed by atoms with Crippen LogP contribution in [0.3, 0.4) is 0 Å². The Kier molecular flexibility index (Phi) is 5.29. The Morgan fingerprint density at radius 3 is 2.65 bits per heavy atom. The van der Waals surface area contributed by atoms with Gasteiger partial charge in [0.15, 0.2) is 0 Å². The number of alkyl halides is 1. The van der Waals surface area contributed by atoms with Gasteiger partial charge in [0.1, 0.15) is 6.10 Å². The van der Waals surface area contributed by atoms with E-state index >= 15 is 0 Å². The molecule has 1 saturated carbocycles. The van der Waals surface area contributed by atoms with Crippen LogP contribution in [-0.4, -0.2) is 30.0 Å². The number of halogens is 1. The number of carbonyl (C=O) groups excluding carboxylic acids is 1. The summed E-state index contributed by atoms with van der Waals surface area (Å²) in [5.41, 5.74) is 0. The van der Waals surface area contributed by atoms with E-state index < -0.39 is 0 Å². The molecule has 1 amide bonds. The van der Waals surface area contributed by atoms with Crippen LogP contribution in [0.2, 0.25) is 0 Å². The first-order valence-corrected chi connectivity index (χ1v) is 7.72. The van der Waals surface area contributed by atoms with Crippen molar-refractivity contribution in [2.24, 2.45) is 5.92 Å². The van der Waals surface area contributed by atoms with E-state index in [1.165, 1.54) is 25.7 Å². The zero-order valence-electron chi connectivity index (χ0n) is 10.3. The van der Waals surface area contributed by atoms with E-state index in [0.717, 1.165) is 32.4 Å². The molecule has 1 saturated heterocycles. The highest BCUT2D eigenvalue weighted by Crippen LogP contribution is 2.29. The fraction of sp³-hybridized carbons (Fsp3) is 0.923. The van der Waals surface area contributed by atoms with Crippen LogP contribution in [0.4, 0.5) is 0 Å². The maximum absolute atomic E-state index is 11.9. The standard InChI is InChI=1S/C13H22BrNO2/c14-11-6-2-1-5-10(11)9-15-13(16)12-7-3-4-8-17-12/h10-12H,1-9H2,(H,15,16). The van der Waals surface area contributed by atoms with Gasteiger partial charge >= 0.3 is 0 Å². The van der Waals surface area contributed by atoms with Gasteiger partial charge in [0.25, 0.3) is 0 Å². The van der Waals surface area contributed by atoms with Crippen LogP contribution in [0.5, 0.6) is 0 Å². The predicted molar refractivity (Wildman–Crippen MR) is 71.3 cm³/mol. The molecule has 2 aliphatic rings. The Morgan fingerprint density at radius 2 is 1.94 bits per heavy atom. The zero-order chi connectivity index (χ0) is 12.1. The molecule has 2 fully saturated rings. The molecule has 0 spiro atoms. The minimum atomic E-state index is -0.193. The molecule has 4 heteroatoms. The number of nitrogens with one attached hydrogen (secondary N) is 1. The third-order valence-electron chi connectivity index (χ3n) is 3.83. The second-order valence-corrected chi connectivity index (χ2v) is 6.34. The number of hydrogen-bond acceptors (Lipinski definition) is 2. The third kappa shape index (κ3) is 3.95. The molecule has 2 rings (SSSR count). The molecule has 0 aromatic carbocycles. The van der Waals surface area contributed by atoms with E-state index in [2.05, 4.69) is 21.2 Å². The van der Waals surface area contributed by atoms with Crippen LogP contribution in [0.15, 0.2) is 0 Å². The van der Waals surface area contributed by atoms with E-state index in [1.807, 2.05) is 0 Å². The van der Waals surface area contributed by atoms with E-state index in [4.69, 9.17) is 4.74 Å². The highest BCUT2D eigenvalue weighted by molar-refractivity contribution is 9.09. The van der Waals surface area contributed by atoms with E-state index in [1.54, 1.807) is 0 Å². The Bertz CT molecular complexity index is 254. The minimum Gasteiger partial charge on any atom is -0.368 e. The first-order chi connectivity index (χ1) is 8.27. The maximum Gasteiger partial charge on any atom is 0.249 e. The Morgan fingerprint density at radius 1 is 1.18 bits per heavy atom. The van der Waals surface area contributed by atoms with E-state index in [9.17, 15) is 4.79 Å². The molecule has 1 aliphatic heterocycles. The van der Waals surface area contributed by atoms with Crippen LogP contribution in [0.25, 0.3) is 0 Å². The lowest BCUT2D eigenvalue weighted by Crippen LogP contribution is -2.42. The van der Waals surface area contributed by atoms with Gasteiger partial charge in [-0.15, -0.1) is 0 Å². The van der Waals surface area contributed by atoms with Crippen molar-refractivity contribution in [1.29, 1.82) is 0 Å². The lowest BCUT2D eigenvalue weighted by atomic mass is 9.89. The fourth-order valence-corrected chi connectivity index (χ4v) is 3.46. The topological polar surface area (TPSA) is 38.3 Å². The average Bonchev–Trinajstić information content (AvgIpc) is 2.38. The van der Waals surface area contributed by atoms with Gasteiger partial charge < -0.3 is 10.1 Å². The van der Waals surface area contributed by atoms with Crippen molar-refractivity contribution in [3.05, 3.63) is 0 Å². The van der Waals surface area contributed by atoms with E-state index in [0.29, 0.717) is 10.7 Å². The third-order valence-corrected chi connectivity index (χ3v) is 5.03. The smallest absolute Gasteiger partial charge is 0.249 e. The summed E-state index contributed by atoms with van der Waals surface area (Å²) in [4.78, 5) is 12.5. The van der Waals surface area contributed by atoms with Crippen molar-refractivity contribution in [1.82, 2.24) is 5.32 Å². The quantitative estimate of drug-likeness (QED) is 0.814. The molecular weight excluding hydrogens is 282 g/mol. The van der Waals surface area contributed by atoms with Crippen LogP contribution in [0, 0.1) is 5.92 Å². The fourth-order valence-electron chi connectivity index (χ4n) is 2.69. The summed E-state index contributed by atoms with van der Waals surface area (Å²) in [6, 6.07) is 0. The van der Waals surface area contributed by atoms with Gasteiger partial charge in [0.2, 0.25) is 5.91 Å². The van der Waals surface area contributed by atoms with Gasteiger partial charge in [-0.2, -0.15) is 0 Å².